The minimum absolute atomic E-state index is 0.255. The number of ether oxygens (including phenoxy) is 1. The van der Waals surface area contributed by atoms with Crippen LogP contribution in [0.3, 0.4) is 0 Å². The summed E-state index contributed by atoms with van der Waals surface area (Å²) in [5.74, 6) is -0.539. The number of carbonyl (C=O) groups is 2. The van der Waals surface area contributed by atoms with Crippen molar-refractivity contribution in [2.24, 2.45) is 0 Å². The molecule has 1 aromatic heterocycles. The fourth-order valence-corrected chi connectivity index (χ4v) is 3.20. The van der Waals surface area contributed by atoms with Gasteiger partial charge in [-0.25, -0.2) is 0 Å². The molecular weight excluding hydrogens is 316 g/mol. The van der Waals surface area contributed by atoms with E-state index in [1.807, 2.05) is 37.2 Å². The fourth-order valence-electron chi connectivity index (χ4n) is 2.14. The summed E-state index contributed by atoms with van der Waals surface area (Å²) < 4.78 is 6.13. The van der Waals surface area contributed by atoms with Gasteiger partial charge in [0.25, 0.3) is 5.91 Å². The third-order valence-corrected chi connectivity index (χ3v) is 4.45. The van der Waals surface area contributed by atoms with Gasteiger partial charge in [0.1, 0.15) is 12.3 Å². The van der Waals surface area contributed by atoms with Crippen LogP contribution < -0.4 is 4.74 Å². The highest BCUT2D eigenvalue weighted by Gasteiger charge is 2.20. The van der Waals surface area contributed by atoms with E-state index in [9.17, 15) is 9.59 Å². The van der Waals surface area contributed by atoms with Gasteiger partial charge >= 0.3 is 5.97 Å². The molecule has 0 saturated carbocycles. The van der Waals surface area contributed by atoms with Gasteiger partial charge in [-0.3, -0.25) is 9.59 Å². The van der Waals surface area contributed by atoms with Crippen molar-refractivity contribution in [1.29, 1.82) is 0 Å². The van der Waals surface area contributed by atoms with Crippen LogP contribution in [0.4, 0.5) is 0 Å². The summed E-state index contributed by atoms with van der Waals surface area (Å²) in [4.78, 5) is 27.5. The lowest BCUT2D eigenvalue weighted by Crippen LogP contribution is -2.39. The van der Waals surface area contributed by atoms with Gasteiger partial charge in [0.05, 0.1) is 12.0 Å². The molecule has 6 nitrogen and oxygen atoms in total. The Morgan fingerprint density at radius 1 is 1.22 bits per heavy atom. The number of benzene rings is 1. The van der Waals surface area contributed by atoms with Crippen molar-refractivity contribution in [3.05, 3.63) is 29.1 Å². The number of hydrogen-bond donors (Lipinski definition) is 1. The Bertz CT molecular complexity index is 711. The highest BCUT2D eigenvalue weighted by atomic mass is 32.1. The number of carbonyl (C=O) groups excluding carboxylic acids is 1. The van der Waals surface area contributed by atoms with E-state index in [-0.39, 0.29) is 12.5 Å². The maximum absolute atomic E-state index is 12.6. The van der Waals surface area contributed by atoms with Crippen LogP contribution in [0.1, 0.15) is 9.67 Å². The van der Waals surface area contributed by atoms with Crippen molar-refractivity contribution in [2.45, 2.75) is 0 Å². The van der Waals surface area contributed by atoms with Crippen LogP contribution in [-0.2, 0) is 4.79 Å². The number of rotatable bonds is 7. The van der Waals surface area contributed by atoms with Gasteiger partial charge in [-0.15, -0.1) is 11.3 Å². The van der Waals surface area contributed by atoms with E-state index in [0.29, 0.717) is 18.0 Å². The Kier molecular flexibility index (Phi) is 5.57. The van der Waals surface area contributed by atoms with Crippen molar-refractivity contribution in [3.63, 3.8) is 0 Å². The minimum atomic E-state index is -1.01. The number of methoxy groups -OCH3 is 1. The van der Waals surface area contributed by atoms with E-state index in [4.69, 9.17) is 9.84 Å². The molecule has 0 aliphatic carbocycles. The highest BCUT2D eigenvalue weighted by molar-refractivity contribution is 7.20. The van der Waals surface area contributed by atoms with E-state index in [0.717, 1.165) is 15.8 Å². The molecule has 1 N–H and O–H groups in total. The summed E-state index contributed by atoms with van der Waals surface area (Å²) in [7, 11) is 5.36. The van der Waals surface area contributed by atoms with Crippen LogP contribution in [0.25, 0.3) is 10.1 Å². The van der Waals surface area contributed by atoms with Gasteiger partial charge in [0, 0.05) is 17.8 Å². The molecule has 0 aliphatic heterocycles. The van der Waals surface area contributed by atoms with Gasteiger partial charge in [-0.1, -0.05) is 0 Å². The molecule has 0 radical (unpaired) electrons. The third kappa shape index (κ3) is 4.43. The number of amides is 1. The first kappa shape index (κ1) is 17.2. The van der Waals surface area contributed by atoms with Crippen molar-refractivity contribution in [1.82, 2.24) is 9.80 Å². The first-order valence-corrected chi connectivity index (χ1v) is 7.95. The zero-order chi connectivity index (χ0) is 17.0. The molecule has 1 amide bonds. The molecule has 0 saturated heterocycles. The van der Waals surface area contributed by atoms with E-state index < -0.39 is 5.97 Å². The van der Waals surface area contributed by atoms with Crippen molar-refractivity contribution < 1.29 is 19.4 Å². The topological polar surface area (TPSA) is 70.1 Å². The number of carboxylic acid groups (broad SMARTS) is 1. The monoisotopic (exact) mass is 336 g/mol. The van der Waals surface area contributed by atoms with E-state index in [1.165, 1.54) is 16.2 Å². The van der Waals surface area contributed by atoms with Crippen LogP contribution in [0.2, 0.25) is 0 Å². The normalized spacial score (nSPS) is 11.0. The second kappa shape index (κ2) is 7.43. The quantitative estimate of drug-likeness (QED) is 0.837. The molecule has 124 valence electrons. The molecule has 0 fully saturated rings. The van der Waals surface area contributed by atoms with Gasteiger partial charge in [-0.05, 0) is 43.7 Å². The first-order valence-electron chi connectivity index (χ1n) is 7.14. The Labute approximate surface area is 138 Å². The molecule has 2 aromatic rings. The standard InChI is InChI=1S/C16H20N2O4S/c1-17(2)6-7-18(10-15(19)20)16(21)14-8-11-4-5-12(22-3)9-13(11)23-14/h4-5,8-9H,6-7,10H2,1-3H3,(H,19,20). The van der Waals surface area contributed by atoms with Gasteiger partial charge in [-0.2, -0.15) is 0 Å². The summed E-state index contributed by atoms with van der Waals surface area (Å²) in [6.45, 7) is 0.678. The predicted octanol–water partition coefficient (Wildman–Crippen LogP) is 2.00. The minimum Gasteiger partial charge on any atom is -0.497 e. The summed E-state index contributed by atoms with van der Waals surface area (Å²) in [6, 6.07) is 7.40. The van der Waals surface area contributed by atoms with Crippen LogP contribution >= 0.6 is 11.3 Å². The number of likely N-dealkylation sites (N-methyl/N-ethyl adjacent to an activating group) is 1. The number of nitrogens with zero attached hydrogens (tertiary/aromatic N) is 2. The molecule has 7 heteroatoms. The maximum atomic E-state index is 12.6. The molecule has 0 spiro atoms. The number of aliphatic carboxylic acids is 1. The molecule has 1 aromatic carbocycles. The number of carboxylic acids is 1. The van der Waals surface area contributed by atoms with E-state index in [2.05, 4.69) is 0 Å². The van der Waals surface area contributed by atoms with Gasteiger partial charge < -0.3 is 19.6 Å². The molecular formula is C16H20N2O4S. The predicted molar refractivity (Wildman–Crippen MR) is 90.5 cm³/mol. The average Bonchev–Trinajstić information content (AvgIpc) is 2.92. The average molecular weight is 336 g/mol. The molecule has 2 rings (SSSR count). The number of thiophene rings is 1. The summed E-state index contributed by atoms with van der Waals surface area (Å²) in [5.41, 5.74) is 0. The molecule has 0 bridgehead atoms. The summed E-state index contributed by atoms with van der Waals surface area (Å²) in [6.07, 6.45) is 0. The van der Waals surface area contributed by atoms with Gasteiger partial charge in [0.2, 0.25) is 0 Å². The smallest absolute Gasteiger partial charge is 0.323 e. The highest BCUT2D eigenvalue weighted by Crippen LogP contribution is 2.29. The Hall–Kier alpha value is -2.12. The molecule has 23 heavy (non-hydrogen) atoms. The zero-order valence-corrected chi connectivity index (χ0v) is 14.2. The Balaban J connectivity index is 2.25. The van der Waals surface area contributed by atoms with Crippen molar-refractivity contribution in [3.8, 4) is 5.75 Å². The second-order valence-electron chi connectivity index (χ2n) is 5.44. The van der Waals surface area contributed by atoms with Crippen molar-refractivity contribution >= 4 is 33.3 Å². The molecule has 0 aliphatic rings. The lowest BCUT2D eigenvalue weighted by Gasteiger charge is -2.22. The summed E-state index contributed by atoms with van der Waals surface area (Å²) in [5, 5.41) is 9.98. The van der Waals surface area contributed by atoms with Gasteiger partial charge in [0.15, 0.2) is 0 Å². The van der Waals surface area contributed by atoms with Crippen LogP contribution in [-0.4, -0.2) is 67.6 Å². The molecule has 1 heterocycles. The summed E-state index contributed by atoms with van der Waals surface area (Å²) >= 11 is 1.35. The fraction of sp³-hybridized carbons (Fsp3) is 0.375. The van der Waals surface area contributed by atoms with E-state index in [1.54, 1.807) is 13.2 Å². The molecule has 0 atom stereocenters. The third-order valence-electron chi connectivity index (χ3n) is 3.37. The van der Waals surface area contributed by atoms with E-state index >= 15 is 0 Å². The van der Waals surface area contributed by atoms with Crippen LogP contribution in [0.15, 0.2) is 24.3 Å². The first-order chi connectivity index (χ1) is 10.9. The largest absolute Gasteiger partial charge is 0.497 e. The lowest BCUT2D eigenvalue weighted by molar-refractivity contribution is -0.137. The Morgan fingerprint density at radius 3 is 2.57 bits per heavy atom. The second-order valence-corrected chi connectivity index (χ2v) is 6.52. The number of hydrogen-bond acceptors (Lipinski definition) is 5. The Morgan fingerprint density at radius 2 is 1.96 bits per heavy atom. The lowest BCUT2D eigenvalue weighted by atomic mass is 10.2. The van der Waals surface area contributed by atoms with Crippen LogP contribution in [0, 0.1) is 0 Å². The maximum Gasteiger partial charge on any atom is 0.323 e. The zero-order valence-electron chi connectivity index (χ0n) is 13.4. The van der Waals surface area contributed by atoms with Crippen LogP contribution in [0.5, 0.6) is 5.75 Å². The molecule has 0 unspecified atom stereocenters. The van der Waals surface area contributed by atoms with Crippen molar-refractivity contribution in [2.75, 3.05) is 40.8 Å². The number of fused-ring (bicyclic) bond motifs is 1. The SMILES string of the molecule is COc1ccc2cc(C(=O)N(CCN(C)C)CC(=O)O)sc2c1.